The smallest absolute Gasteiger partial charge is 0.336 e. The molecule has 0 radical (unpaired) electrons. The number of carbonyl (C=O) groups excluding carboxylic acids is 1. The molecule has 156 valence electrons. The molecule has 9 heteroatoms. The van der Waals surface area contributed by atoms with Gasteiger partial charge in [0.2, 0.25) is 0 Å². The molecule has 2 aromatic heterocycles. The molecule has 0 saturated carbocycles. The van der Waals surface area contributed by atoms with E-state index in [1.54, 1.807) is 42.5 Å². The summed E-state index contributed by atoms with van der Waals surface area (Å²) in [5.74, 6) is -0.847. The van der Waals surface area contributed by atoms with Gasteiger partial charge in [-0.25, -0.2) is 4.79 Å². The van der Waals surface area contributed by atoms with Gasteiger partial charge in [-0.1, -0.05) is 17.7 Å². The van der Waals surface area contributed by atoms with Crippen LogP contribution in [0.5, 0.6) is 5.75 Å². The number of nitrogens with zero attached hydrogens (tertiary/aromatic N) is 2. The minimum Gasteiger partial charge on any atom is -0.495 e. The number of hydrogen-bond acceptors (Lipinski definition) is 7. The molecule has 31 heavy (non-hydrogen) atoms. The van der Waals surface area contributed by atoms with Crippen LogP contribution in [-0.2, 0) is 11.2 Å². The molecule has 0 fully saturated rings. The maximum Gasteiger partial charge on any atom is 0.336 e. The zero-order valence-electron chi connectivity index (χ0n) is 16.2. The number of ketones is 1. The molecule has 0 bridgehead atoms. The van der Waals surface area contributed by atoms with Crippen LogP contribution in [-0.4, -0.2) is 32.7 Å². The van der Waals surface area contributed by atoms with Crippen LogP contribution in [0.3, 0.4) is 0 Å². The number of rotatable bonds is 7. The lowest BCUT2D eigenvalue weighted by atomic mass is 9.91. The van der Waals surface area contributed by atoms with Gasteiger partial charge in [0, 0.05) is 17.6 Å². The number of aromatic nitrogens is 2. The van der Waals surface area contributed by atoms with Crippen molar-refractivity contribution >= 4 is 51.7 Å². The van der Waals surface area contributed by atoms with E-state index in [0.717, 1.165) is 11.7 Å². The number of halogens is 1. The van der Waals surface area contributed by atoms with Crippen LogP contribution in [0.25, 0.3) is 16.6 Å². The number of carbonyl (C=O) groups is 2. The maximum atomic E-state index is 13.5. The first-order chi connectivity index (χ1) is 15.0. The molecule has 7 nitrogen and oxygen atoms in total. The van der Waals surface area contributed by atoms with Gasteiger partial charge in [0.25, 0.3) is 0 Å². The van der Waals surface area contributed by atoms with E-state index in [0.29, 0.717) is 28.1 Å². The van der Waals surface area contributed by atoms with Crippen LogP contribution in [0.1, 0.15) is 21.7 Å². The molecule has 2 aromatic carbocycles. The highest BCUT2D eigenvalue weighted by Gasteiger charge is 2.25. The zero-order valence-corrected chi connectivity index (χ0v) is 17.7. The lowest BCUT2D eigenvalue weighted by Gasteiger charge is -2.13. The Morgan fingerprint density at radius 1 is 1.10 bits per heavy atom. The van der Waals surface area contributed by atoms with E-state index in [9.17, 15) is 14.7 Å². The maximum absolute atomic E-state index is 13.5. The van der Waals surface area contributed by atoms with Crippen molar-refractivity contribution in [1.82, 2.24) is 8.75 Å². The Morgan fingerprint density at radius 2 is 1.87 bits per heavy atom. The Hall–Kier alpha value is -3.49. The van der Waals surface area contributed by atoms with Gasteiger partial charge in [-0.3, -0.25) is 4.79 Å². The first-order valence-electron chi connectivity index (χ1n) is 9.07. The normalized spacial score (nSPS) is 11.9. The van der Waals surface area contributed by atoms with Crippen LogP contribution >= 0.6 is 23.3 Å². The van der Waals surface area contributed by atoms with Gasteiger partial charge >= 0.3 is 5.97 Å². The summed E-state index contributed by atoms with van der Waals surface area (Å²) in [4.78, 5) is 25.8. The average molecular weight is 455 g/mol. The van der Waals surface area contributed by atoms with Gasteiger partial charge in [0.05, 0.1) is 35.7 Å². The molecule has 4 aromatic rings. The van der Waals surface area contributed by atoms with Crippen molar-refractivity contribution in [1.29, 1.82) is 0 Å². The van der Waals surface area contributed by atoms with Crippen molar-refractivity contribution < 1.29 is 23.8 Å². The number of carboxylic acids is 1. The Kier molecular flexibility index (Phi) is 5.83. The second kappa shape index (κ2) is 8.71. The van der Waals surface area contributed by atoms with Crippen LogP contribution in [0.15, 0.2) is 64.8 Å². The Labute approximate surface area is 185 Å². The second-order valence-corrected chi connectivity index (χ2v) is 7.50. The van der Waals surface area contributed by atoms with E-state index < -0.39 is 11.8 Å². The lowest BCUT2D eigenvalue weighted by Crippen LogP contribution is -2.14. The third-order valence-electron chi connectivity index (χ3n) is 4.68. The summed E-state index contributed by atoms with van der Waals surface area (Å²) >= 11 is 7.22. The number of hydrogen-bond donors (Lipinski definition) is 1. The number of allylic oxidation sites excluding steroid dienone is 1. The van der Waals surface area contributed by atoms with Gasteiger partial charge in [-0.2, -0.15) is 8.75 Å². The summed E-state index contributed by atoms with van der Waals surface area (Å²) in [5.41, 5.74) is 1.72. The van der Waals surface area contributed by atoms with Crippen molar-refractivity contribution in [3.63, 3.8) is 0 Å². The van der Waals surface area contributed by atoms with Crippen molar-refractivity contribution in [2.24, 2.45) is 0 Å². The van der Waals surface area contributed by atoms with E-state index >= 15 is 0 Å². The van der Waals surface area contributed by atoms with Gasteiger partial charge in [0.1, 0.15) is 22.5 Å². The summed E-state index contributed by atoms with van der Waals surface area (Å²) in [6.07, 6.45) is 1.46. The van der Waals surface area contributed by atoms with Crippen LogP contribution < -0.4 is 4.74 Å². The topological polar surface area (TPSA) is 103 Å². The van der Waals surface area contributed by atoms with Crippen molar-refractivity contribution in [3.05, 3.63) is 82.3 Å². The molecular formula is C22H15ClN2O5S. The third-order valence-corrected chi connectivity index (χ3v) is 5.53. The average Bonchev–Trinajstić information content (AvgIpc) is 3.44. The molecular weight excluding hydrogens is 440 g/mol. The number of carboxylic acid groups (broad SMARTS) is 1. The fourth-order valence-corrected chi connectivity index (χ4v) is 3.99. The number of aliphatic carboxylic acids is 1. The molecule has 2 heterocycles. The highest BCUT2D eigenvalue weighted by atomic mass is 35.5. The minimum absolute atomic E-state index is 0.00946. The molecule has 1 N–H and O–H groups in total. The van der Waals surface area contributed by atoms with Crippen LogP contribution in [0, 0.1) is 0 Å². The molecule has 4 rings (SSSR count). The fourth-order valence-electron chi connectivity index (χ4n) is 3.22. The number of furan rings is 1. The summed E-state index contributed by atoms with van der Waals surface area (Å²) < 4.78 is 18.8. The summed E-state index contributed by atoms with van der Waals surface area (Å²) in [6.45, 7) is 0. The number of fused-ring (bicyclic) bond motifs is 1. The van der Waals surface area contributed by atoms with Gasteiger partial charge < -0.3 is 14.3 Å². The van der Waals surface area contributed by atoms with E-state index in [2.05, 4.69) is 8.75 Å². The van der Waals surface area contributed by atoms with E-state index in [-0.39, 0.29) is 28.2 Å². The first-order valence-corrected chi connectivity index (χ1v) is 10.2. The Morgan fingerprint density at radius 3 is 2.55 bits per heavy atom. The third kappa shape index (κ3) is 4.21. The van der Waals surface area contributed by atoms with Crippen molar-refractivity contribution in [3.8, 4) is 5.75 Å². The quantitative estimate of drug-likeness (QED) is 0.312. The van der Waals surface area contributed by atoms with Gasteiger partial charge in [-0.05, 0) is 48.0 Å². The predicted molar refractivity (Wildman–Crippen MR) is 117 cm³/mol. The molecule has 0 aliphatic carbocycles. The number of methoxy groups -OCH3 is 1. The van der Waals surface area contributed by atoms with Crippen molar-refractivity contribution in [2.45, 2.75) is 6.42 Å². The van der Waals surface area contributed by atoms with E-state index in [1.807, 2.05) is 0 Å². The molecule has 0 amide bonds. The van der Waals surface area contributed by atoms with Gasteiger partial charge in [0.15, 0.2) is 5.78 Å². The SMILES string of the molecule is COc1ccc(C(=O)C(Cc2ccco2)=C(C(=O)O)c2ccc3nsnc3c2)cc1Cl. The van der Waals surface area contributed by atoms with E-state index in [4.69, 9.17) is 20.8 Å². The number of benzene rings is 2. The number of Topliss-reactive ketones (excluding diaryl/α,β-unsaturated/α-hetero) is 1. The largest absolute Gasteiger partial charge is 0.495 e. The van der Waals surface area contributed by atoms with Crippen LogP contribution in [0.4, 0.5) is 0 Å². The first kappa shape index (κ1) is 20.8. The standard InChI is InChI=1S/C22H15ClN2O5S/c1-29-19-7-5-13(9-16(19)23)21(26)15(11-14-3-2-8-30-14)20(22(27)28)12-4-6-17-18(10-12)25-31-24-17/h2-10H,11H2,1H3,(H,27,28). The molecule has 0 saturated heterocycles. The predicted octanol–water partition coefficient (Wildman–Crippen LogP) is 4.91. The van der Waals surface area contributed by atoms with E-state index in [1.165, 1.54) is 19.4 Å². The molecule has 0 unspecified atom stereocenters. The molecule has 0 aliphatic heterocycles. The Bertz CT molecular complexity index is 1310. The summed E-state index contributed by atoms with van der Waals surface area (Å²) in [6, 6.07) is 12.8. The zero-order chi connectivity index (χ0) is 22.0. The highest BCUT2D eigenvalue weighted by Crippen LogP contribution is 2.30. The molecule has 0 spiro atoms. The van der Waals surface area contributed by atoms with Crippen molar-refractivity contribution in [2.75, 3.05) is 7.11 Å². The summed E-state index contributed by atoms with van der Waals surface area (Å²) in [7, 11) is 1.47. The Balaban J connectivity index is 1.90. The monoisotopic (exact) mass is 454 g/mol. The molecule has 0 aliphatic rings. The summed E-state index contributed by atoms with van der Waals surface area (Å²) in [5, 5.41) is 10.3. The highest BCUT2D eigenvalue weighted by molar-refractivity contribution is 7.00. The minimum atomic E-state index is -1.24. The molecule has 0 atom stereocenters. The number of ether oxygens (including phenoxy) is 1. The van der Waals surface area contributed by atoms with Gasteiger partial charge in [-0.15, -0.1) is 0 Å². The fraction of sp³-hybridized carbons (Fsp3) is 0.0909. The second-order valence-electron chi connectivity index (χ2n) is 6.56. The lowest BCUT2D eigenvalue weighted by molar-refractivity contribution is -0.130. The van der Waals surface area contributed by atoms with Crippen LogP contribution in [0.2, 0.25) is 5.02 Å².